The molecule has 2 rings (SSSR count). The van der Waals surface area contributed by atoms with Crippen molar-refractivity contribution in [2.45, 2.75) is 4.90 Å². The maximum atomic E-state index is 11.8. The molecule has 0 radical (unpaired) electrons. The fourth-order valence-corrected chi connectivity index (χ4v) is 2.02. The highest BCUT2D eigenvalue weighted by Gasteiger charge is 2.32. The first-order chi connectivity index (χ1) is 9.02. The van der Waals surface area contributed by atoms with Gasteiger partial charge in [-0.25, -0.2) is 4.79 Å². The van der Waals surface area contributed by atoms with E-state index in [1.54, 1.807) is 11.8 Å². The monoisotopic (exact) mass is 276 g/mol. The number of amides is 4. The van der Waals surface area contributed by atoms with Crippen LogP contribution in [0.5, 0.6) is 0 Å². The first-order valence-corrected chi connectivity index (χ1v) is 6.74. The first-order valence-electron chi connectivity index (χ1n) is 5.52. The van der Waals surface area contributed by atoms with Gasteiger partial charge in [0.05, 0.1) is 0 Å². The largest absolute Gasteiger partial charge is 0.331 e. The van der Waals surface area contributed by atoms with Gasteiger partial charge in [-0.3, -0.25) is 19.8 Å². The standard InChI is InChI=1S/C13H12N2O3S/c1-15-12(17)10(11(16)14-13(15)18)7-8-3-5-9(19-2)6-4-8/h3-7H,1-2H3,(H,14,16,18)/b10-7+. The van der Waals surface area contributed by atoms with Gasteiger partial charge in [0.15, 0.2) is 0 Å². The third-order valence-electron chi connectivity index (χ3n) is 2.73. The topological polar surface area (TPSA) is 66.5 Å². The minimum absolute atomic E-state index is 0.0426. The van der Waals surface area contributed by atoms with Crippen molar-refractivity contribution in [1.82, 2.24) is 10.2 Å². The van der Waals surface area contributed by atoms with Crippen molar-refractivity contribution in [3.05, 3.63) is 35.4 Å². The van der Waals surface area contributed by atoms with Crippen LogP contribution < -0.4 is 5.32 Å². The lowest BCUT2D eigenvalue weighted by molar-refractivity contribution is -0.129. The maximum Gasteiger partial charge on any atom is 0.331 e. The van der Waals surface area contributed by atoms with Gasteiger partial charge in [0.2, 0.25) is 0 Å². The highest BCUT2D eigenvalue weighted by Crippen LogP contribution is 2.18. The van der Waals surface area contributed by atoms with Crippen LogP contribution in [0, 0.1) is 0 Å². The average Bonchev–Trinajstić information content (AvgIpc) is 2.42. The summed E-state index contributed by atoms with van der Waals surface area (Å²) < 4.78 is 0. The number of barbiturate groups is 1. The minimum Gasteiger partial charge on any atom is -0.273 e. The van der Waals surface area contributed by atoms with E-state index in [-0.39, 0.29) is 5.57 Å². The molecule has 19 heavy (non-hydrogen) atoms. The van der Waals surface area contributed by atoms with Crippen LogP contribution in [0.3, 0.4) is 0 Å². The SMILES string of the molecule is CSc1ccc(/C=C2\C(=O)NC(=O)N(C)C2=O)cc1. The molecule has 4 amide bonds. The lowest BCUT2D eigenvalue weighted by Crippen LogP contribution is -2.52. The third kappa shape index (κ3) is 2.68. The van der Waals surface area contributed by atoms with E-state index in [1.807, 2.05) is 30.5 Å². The molecule has 0 unspecified atom stereocenters. The number of benzene rings is 1. The van der Waals surface area contributed by atoms with E-state index in [0.717, 1.165) is 15.4 Å². The van der Waals surface area contributed by atoms with Crippen molar-refractivity contribution < 1.29 is 14.4 Å². The van der Waals surface area contributed by atoms with Gasteiger partial charge in [-0.2, -0.15) is 0 Å². The lowest BCUT2D eigenvalue weighted by Gasteiger charge is -2.22. The van der Waals surface area contributed by atoms with Gasteiger partial charge in [-0.05, 0) is 30.0 Å². The molecule has 1 aromatic rings. The second-order valence-electron chi connectivity index (χ2n) is 3.95. The van der Waals surface area contributed by atoms with E-state index < -0.39 is 17.8 Å². The number of thioether (sulfide) groups is 1. The van der Waals surface area contributed by atoms with Gasteiger partial charge in [0, 0.05) is 11.9 Å². The summed E-state index contributed by atoms with van der Waals surface area (Å²) in [6, 6.07) is 6.73. The number of imide groups is 2. The summed E-state index contributed by atoms with van der Waals surface area (Å²) >= 11 is 1.61. The van der Waals surface area contributed by atoms with E-state index in [2.05, 4.69) is 5.32 Å². The van der Waals surface area contributed by atoms with E-state index >= 15 is 0 Å². The minimum atomic E-state index is -0.704. The fourth-order valence-electron chi connectivity index (χ4n) is 1.61. The molecule has 0 aromatic heterocycles. The second-order valence-corrected chi connectivity index (χ2v) is 4.83. The van der Waals surface area contributed by atoms with Gasteiger partial charge in [-0.15, -0.1) is 11.8 Å². The fraction of sp³-hybridized carbons (Fsp3) is 0.154. The zero-order valence-electron chi connectivity index (χ0n) is 10.5. The molecule has 1 aromatic carbocycles. The molecular weight excluding hydrogens is 264 g/mol. The molecule has 1 saturated heterocycles. The molecule has 0 spiro atoms. The number of hydrogen-bond donors (Lipinski definition) is 1. The Morgan fingerprint density at radius 1 is 1.16 bits per heavy atom. The zero-order valence-corrected chi connectivity index (χ0v) is 11.3. The van der Waals surface area contributed by atoms with Crippen LogP contribution in [-0.4, -0.2) is 36.0 Å². The van der Waals surface area contributed by atoms with Gasteiger partial charge >= 0.3 is 6.03 Å². The molecule has 1 aliphatic rings. The van der Waals surface area contributed by atoms with Crippen LogP contribution >= 0.6 is 11.8 Å². The van der Waals surface area contributed by atoms with E-state index in [9.17, 15) is 14.4 Å². The van der Waals surface area contributed by atoms with Crippen molar-refractivity contribution in [2.24, 2.45) is 0 Å². The number of nitrogens with zero attached hydrogens (tertiary/aromatic N) is 1. The molecule has 0 bridgehead atoms. The molecule has 6 heteroatoms. The molecule has 5 nitrogen and oxygen atoms in total. The first kappa shape index (κ1) is 13.4. The molecule has 1 aliphatic heterocycles. The van der Waals surface area contributed by atoms with Gasteiger partial charge in [0.25, 0.3) is 11.8 Å². The Bertz CT molecular complexity index is 578. The summed E-state index contributed by atoms with van der Waals surface area (Å²) in [5.41, 5.74) is 0.693. The predicted molar refractivity (Wildman–Crippen MR) is 72.5 cm³/mol. The highest BCUT2D eigenvalue weighted by atomic mass is 32.2. The molecule has 1 heterocycles. The summed E-state index contributed by atoms with van der Waals surface area (Å²) in [5.74, 6) is -1.26. The smallest absolute Gasteiger partial charge is 0.273 e. The van der Waals surface area contributed by atoms with Crippen LogP contribution in [0.25, 0.3) is 6.08 Å². The molecule has 98 valence electrons. The molecular formula is C13H12N2O3S. The van der Waals surface area contributed by atoms with Gasteiger partial charge in [-0.1, -0.05) is 12.1 Å². The lowest BCUT2D eigenvalue weighted by atomic mass is 10.1. The zero-order chi connectivity index (χ0) is 14.0. The number of rotatable bonds is 2. The van der Waals surface area contributed by atoms with Crippen LogP contribution in [0.4, 0.5) is 4.79 Å². The summed E-state index contributed by atoms with van der Waals surface area (Å²) in [6.07, 6.45) is 3.44. The van der Waals surface area contributed by atoms with Crippen LogP contribution in [0.2, 0.25) is 0 Å². The van der Waals surface area contributed by atoms with Crippen molar-refractivity contribution in [2.75, 3.05) is 13.3 Å². The van der Waals surface area contributed by atoms with Crippen molar-refractivity contribution in [1.29, 1.82) is 0 Å². The summed E-state index contributed by atoms with van der Waals surface area (Å²) in [5, 5.41) is 2.11. The molecule has 0 saturated carbocycles. The van der Waals surface area contributed by atoms with E-state index in [1.165, 1.54) is 13.1 Å². The van der Waals surface area contributed by atoms with Crippen LogP contribution in [0.1, 0.15) is 5.56 Å². The van der Waals surface area contributed by atoms with Crippen LogP contribution in [0.15, 0.2) is 34.7 Å². The molecule has 1 fully saturated rings. The normalized spacial score (nSPS) is 17.9. The Morgan fingerprint density at radius 2 is 1.79 bits per heavy atom. The molecule has 0 atom stereocenters. The van der Waals surface area contributed by atoms with Crippen molar-refractivity contribution in [3.63, 3.8) is 0 Å². The summed E-state index contributed by atoms with van der Waals surface area (Å²) in [7, 11) is 1.33. The number of carbonyl (C=O) groups is 3. The van der Waals surface area contributed by atoms with Crippen molar-refractivity contribution >= 4 is 35.7 Å². The summed E-state index contributed by atoms with van der Waals surface area (Å²) in [6.45, 7) is 0. The maximum absolute atomic E-state index is 11.8. The third-order valence-corrected chi connectivity index (χ3v) is 3.48. The van der Waals surface area contributed by atoms with Crippen LogP contribution in [-0.2, 0) is 9.59 Å². The Morgan fingerprint density at radius 3 is 2.37 bits per heavy atom. The second kappa shape index (κ2) is 5.27. The van der Waals surface area contributed by atoms with Gasteiger partial charge < -0.3 is 0 Å². The number of likely N-dealkylation sites (N-methyl/N-ethyl adjacent to an activating group) is 1. The van der Waals surface area contributed by atoms with E-state index in [4.69, 9.17) is 0 Å². The Kier molecular flexibility index (Phi) is 3.71. The Hall–Kier alpha value is -2.08. The number of urea groups is 1. The Balaban J connectivity index is 2.33. The van der Waals surface area contributed by atoms with Crippen molar-refractivity contribution in [3.8, 4) is 0 Å². The molecule has 0 aliphatic carbocycles. The number of hydrogen-bond acceptors (Lipinski definition) is 4. The summed E-state index contributed by atoms with van der Waals surface area (Å²) in [4.78, 5) is 36.7. The predicted octanol–water partition coefficient (Wildman–Crippen LogP) is 1.50. The highest BCUT2D eigenvalue weighted by molar-refractivity contribution is 7.98. The quantitative estimate of drug-likeness (QED) is 0.505. The number of nitrogens with one attached hydrogen (secondary N) is 1. The van der Waals surface area contributed by atoms with Gasteiger partial charge in [0.1, 0.15) is 5.57 Å². The number of carbonyl (C=O) groups excluding carboxylic acids is 3. The Labute approximate surface area is 114 Å². The average molecular weight is 276 g/mol. The van der Waals surface area contributed by atoms with E-state index in [0.29, 0.717) is 0 Å². The molecule has 1 N–H and O–H groups in total.